The summed E-state index contributed by atoms with van der Waals surface area (Å²) in [6, 6.07) is 13.2. The van der Waals surface area contributed by atoms with Crippen molar-refractivity contribution in [3.63, 3.8) is 0 Å². The molecule has 10 rings (SSSR count). The summed E-state index contributed by atoms with van der Waals surface area (Å²) in [5.74, 6) is -0.756. The van der Waals surface area contributed by atoms with Crippen molar-refractivity contribution in [2.24, 2.45) is 9.98 Å². The number of hydrogen-bond acceptors (Lipinski definition) is 12. The van der Waals surface area contributed by atoms with E-state index in [9.17, 15) is 62.3 Å². The minimum Gasteiger partial charge on any atom is -0.379 e. The Labute approximate surface area is 455 Å². The molecule has 28 heteroatoms. The predicted octanol–water partition coefficient (Wildman–Crippen LogP) is 10.0. The van der Waals surface area contributed by atoms with Crippen molar-refractivity contribution >= 4 is 79.6 Å². The second-order valence-electron chi connectivity index (χ2n) is 18.4. The van der Waals surface area contributed by atoms with Crippen LogP contribution in [0.15, 0.2) is 105 Å². The van der Waals surface area contributed by atoms with Gasteiger partial charge in [0.1, 0.15) is 0 Å². The Kier molecular flexibility index (Phi) is 17.5. The van der Waals surface area contributed by atoms with Crippen LogP contribution in [0.3, 0.4) is 0 Å². The lowest BCUT2D eigenvalue weighted by molar-refractivity contribution is -0.145. The number of hydrogen-bond donors (Lipinski definition) is 2. The zero-order valence-electron chi connectivity index (χ0n) is 41.7. The molecule has 4 aromatic carbocycles. The van der Waals surface area contributed by atoms with E-state index in [1.165, 1.54) is 45.3 Å². The summed E-state index contributed by atoms with van der Waals surface area (Å²) in [4.78, 5) is 38.2. The molecule has 0 atom stereocenters. The maximum Gasteiger partial charge on any atom is 0.416 e. The van der Waals surface area contributed by atoms with E-state index in [1.54, 1.807) is 48.6 Å². The molecule has 0 spiro atoms. The largest absolute Gasteiger partial charge is 0.416 e. The van der Waals surface area contributed by atoms with E-state index >= 15 is 0 Å². The number of aromatic nitrogens is 4. The van der Waals surface area contributed by atoms with Crippen molar-refractivity contribution in [3.8, 4) is 0 Å². The normalized spacial score (nSPS) is 18.1. The first-order valence-electron chi connectivity index (χ1n) is 24.5. The average Bonchev–Trinajstić information content (AvgIpc) is 4.18. The fraction of sp³-hybridized carbons (Fsp3) is 0.346. The number of alkyl halides is 12. The number of carbonyl (C=O) groups excluding carboxylic acids is 2. The summed E-state index contributed by atoms with van der Waals surface area (Å²) in [6.07, 6.45) is -13.5. The summed E-state index contributed by atoms with van der Waals surface area (Å²) in [5, 5.41) is 16.8. The molecule has 424 valence electrons. The minimum absolute atomic E-state index is 0.120. The zero-order valence-corrected chi connectivity index (χ0v) is 43.3. The molecule has 2 N–H and O–H groups in total. The smallest absolute Gasteiger partial charge is 0.379 e. The molecule has 2 amide bonds. The maximum atomic E-state index is 13.6. The van der Waals surface area contributed by atoms with Crippen molar-refractivity contribution < 1.29 is 71.7 Å². The minimum atomic E-state index is -4.97. The Balaban J connectivity index is 0.000000194. The second kappa shape index (κ2) is 24.2. The third kappa shape index (κ3) is 14.6. The number of morpholine rings is 2. The van der Waals surface area contributed by atoms with Gasteiger partial charge >= 0.3 is 24.7 Å². The Hall–Kier alpha value is -6.72. The average molecular weight is 1170 g/mol. The molecule has 2 fully saturated rings. The van der Waals surface area contributed by atoms with E-state index in [1.807, 2.05) is 0 Å². The number of ether oxygens (including phenoxy) is 2. The van der Waals surface area contributed by atoms with E-state index in [0.29, 0.717) is 105 Å². The van der Waals surface area contributed by atoms with E-state index in [4.69, 9.17) is 9.47 Å². The number of fused-ring (bicyclic) bond motifs is 2. The van der Waals surface area contributed by atoms with Crippen molar-refractivity contribution in [2.45, 2.75) is 37.8 Å². The number of halogens is 12. The highest BCUT2D eigenvalue weighted by Gasteiger charge is 2.40. The quantitative estimate of drug-likeness (QED) is 0.0890. The predicted molar refractivity (Wildman–Crippen MR) is 277 cm³/mol. The van der Waals surface area contributed by atoms with Gasteiger partial charge in [-0.25, -0.2) is 0 Å². The standard InChI is InChI=1S/2C26H23F6N5O2S/c2*27-25(28,29)19-3-2-17(20(13-19)26(30,31)32)15-37-21-4-1-16(11-18(21)14-34-37)12-22-23(38)35-24(40-22)33-5-6-36-7-9-39-10-8-36/h2*1-4,11-14H,5-10,15H2,(H,33,35,38). The number of nitrogens with zero attached hydrogens (tertiary/aromatic N) is 8. The maximum absolute atomic E-state index is 13.6. The number of thioether (sulfide) groups is 2. The van der Waals surface area contributed by atoms with Crippen molar-refractivity contribution in [1.29, 1.82) is 0 Å². The highest BCUT2D eigenvalue weighted by atomic mass is 32.2. The number of amides is 2. The number of nitrogens with one attached hydrogen (secondary N) is 2. The summed E-state index contributed by atoms with van der Waals surface area (Å²) in [6.45, 7) is 8.36. The van der Waals surface area contributed by atoms with Gasteiger partial charge in [0, 0.05) is 63.1 Å². The molecule has 4 aliphatic rings. The Bertz CT molecular complexity index is 3170. The highest BCUT2D eigenvalue weighted by molar-refractivity contribution is 8.18. The van der Waals surface area contributed by atoms with Gasteiger partial charge in [-0.3, -0.25) is 28.8 Å². The molecule has 2 saturated heterocycles. The highest BCUT2D eigenvalue weighted by Crippen LogP contribution is 2.40. The van der Waals surface area contributed by atoms with Crippen LogP contribution in [0.4, 0.5) is 52.7 Å². The van der Waals surface area contributed by atoms with Gasteiger partial charge in [0.15, 0.2) is 10.3 Å². The summed E-state index contributed by atoms with van der Waals surface area (Å²) in [7, 11) is 0. The van der Waals surface area contributed by atoms with Gasteiger partial charge in [-0.05, 0) is 106 Å². The van der Waals surface area contributed by atoms with Gasteiger partial charge in [-0.1, -0.05) is 24.3 Å². The van der Waals surface area contributed by atoms with Crippen LogP contribution in [0.5, 0.6) is 0 Å². The van der Waals surface area contributed by atoms with Crippen LogP contribution in [0.1, 0.15) is 44.5 Å². The lowest BCUT2D eigenvalue weighted by Gasteiger charge is -2.26. The molecule has 0 bridgehead atoms. The molecular weight excluding hydrogens is 1120 g/mol. The van der Waals surface area contributed by atoms with Gasteiger partial charge < -0.3 is 20.1 Å². The molecule has 14 nitrogen and oxygen atoms in total. The number of rotatable bonds is 12. The lowest BCUT2D eigenvalue weighted by Crippen LogP contribution is -2.40. The third-order valence-electron chi connectivity index (χ3n) is 12.9. The number of carbonyl (C=O) groups is 2. The SMILES string of the molecule is O=C1N=C(NCCN2CCOCC2)SC1=Cc1ccc2c(cnn2Cc2ccc(C(F)(F)F)cc2C(F)(F)F)c1.O=C1N=C(NCCN2CCOCC2)SC1=Cc1ccc2c(cnn2Cc2ccc(C(F)(F)F)cc2C(F)(F)F)c1. The van der Waals surface area contributed by atoms with Crippen molar-refractivity contribution in [3.05, 3.63) is 140 Å². The van der Waals surface area contributed by atoms with Crippen LogP contribution >= 0.6 is 23.5 Å². The molecule has 6 aromatic rings. The topological polar surface area (TPSA) is 144 Å². The van der Waals surface area contributed by atoms with E-state index in [0.717, 1.165) is 51.4 Å². The van der Waals surface area contributed by atoms with Gasteiger partial charge in [0.2, 0.25) is 0 Å². The van der Waals surface area contributed by atoms with Crippen LogP contribution < -0.4 is 10.6 Å². The van der Waals surface area contributed by atoms with Crippen molar-refractivity contribution in [2.75, 3.05) is 78.8 Å². The van der Waals surface area contributed by atoms with Crippen LogP contribution in [0.2, 0.25) is 0 Å². The first-order valence-corrected chi connectivity index (χ1v) is 26.2. The second-order valence-corrected chi connectivity index (χ2v) is 20.5. The third-order valence-corrected chi connectivity index (χ3v) is 14.8. The fourth-order valence-electron chi connectivity index (χ4n) is 8.84. The number of benzene rings is 4. The van der Waals surface area contributed by atoms with Crippen LogP contribution in [0, 0.1) is 0 Å². The van der Waals surface area contributed by atoms with Gasteiger partial charge in [-0.15, -0.1) is 0 Å². The number of amidine groups is 2. The Morgan fingerprint density at radius 2 is 0.900 bits per heavy atom. The molecule has 0 aliphatic carbocycles. The first kappa shape index (κ1) is 58.0. The van der Waals surface area contributed by atoms with E-state index in [-0.39, 0.29) is 48.2 Å². The van der Waals surface area contributed by atoms with E-state index < -0.39 is 47.0 Å². The molecule has 0 radical (unpaired) electrons. The Morgan fingerprint density at radius 3 is 1.26 bits per heavy atom. The first-order chi connectivity index (χ1) is 37.9. The summed E-state index contributed by atoms with van der Waals surface area (Å²) in [5.41, 5.74) is -3.83. The molecule has 0 unspecified atom stereocenters. The Morgan fingerprint density at radius 1 is 0.512 bits per heavy atom. The molecule has 0 saturated carbocycles. The fourth-order valence-corrected chi connectivity index (χ4v) is 10.5. The zero-order chi connectivity index (χ0) is 57.0. The van der Waals surface area contributed by atoms with Gasteiger partial charge in [-0.2, -0.15) is 72.9 Å². The van der Waals surface area contributed by atoms with Crippen LogP contribution in [-0.2, 0) is 56.9 Å². The van der Waals surface area contributed by atoms with Gasteiger partial charge in [0.25, 0.3) is 11.8 Å². The lowest BCUT2D eigenvalue weighted by atomic mass is 10.0. The van der Waals surface area contributed by atoms with Crippen LogP contribution in [-0.4, -0.2) is 130 Å². The summed E-state index contributed by atoms with van der Waals surface area (Å²) >= 11 is 2.44. The molecule has 4 aliphatic heterocycles. The number of aliphatic imine (C=N–C) groups is 2. The molecule has 6 heterocycles. The molecule has 80 heavy (non-hydrogen) atoms. The van der Waals surface area contributed by atoms with Crippen LogP contribution in [0.25, 0.3) is 34.0 Å². The molecule has 2 aromatic heterocycles. The molecular formula is C52H46F12N10O4S2. The van der Waals surface area contributed by atoms with Gasteiger partial charge in [0.05, 0.1) is 95.0 Å². The van der Waals surface area contributed by atoms with Crippen molar-refractivity contribution in [1.82, 2.24) is 40.0 Å². The summed E-state index contributed by atoms with van der Waals surface area (Å²) < 4.78 is 173. The van der Waals surface area contributed by atoms with E-state index in [2.05, 4.69) is 40.6 Å². The monoisotopic (exact) mass is 1170 g/mol.